The maximum absolute atomic E-state index is 11.0. The SMILES string of the molecule is C=C(C)C(=O)OCCCOC(=O)C(C)C. The van der Waals surface area contributed by atoms with Crippen LogP contribution in [0, 0.1) is 5.92 Å². The molecule has 0 aromatic heterocycles. The monoisotopic (exact) mass is 214 g/mol. The topological polar surface area (TPSA) is 52.6 Å². The Labute approximate surface area is 90.2 Å². The van der Waals surface area contributed by atoms with Crippen molar-refractivity contribution < 1.29 is 19.1 Å². The van der Waals surface area contributed by atoms with Crippen molar-refractivity contribution in [2.24, 2.45) is 5.92 Å². The van der Waals surface area contributed by atoms with Gasteiger partial charge in [-0.05, 0) is 6.92 Å². The van der Waals surface area contributed by atoms with Crippen LogP contribution in [0.5, 0.6) is 0 Å². The predicted octanol–water partition coefficient (Wildman–Crippen LogP) is 1.70. The standard InChI is InChI=1S/C11H18O4/c1-8(2)10(12)14-6-5-7-15-11(13)9(3)4/h9H,1,5-7H2,2-4H3. The summed E-state index contributed by atoms with van der Waals surface area (Å²) >= 11 is 0. The van der Waals surface area contributed by atoms with Crippen LogP contribution in [0.2, 0.25) is 0 Å². The van der Waals surface area contributed by atoms with E-state index in [1.54, 1.807) is 20.8 Å². The summed E-state index contributed by atoms with van der Waals surface area (Å²) in [5.41, 5.74) is 0.370. The zero-order valence-electron chi connectivity index (χ0n) is 9.54. The maximum atomic E-state index is 11.0. The van der Waals surface area contributed by atoms with Crippen molar-refractivity contribution in [1.82, 2.24) is 0 Å². The molecule has 4 nitrogen and oxygen atoms in total. The number of hydrogen-bond donors (Lipinski definition) is 0. The Morgan fingerprint density at radius 1 is 1.20 bits per heavy atom. The first-order chi connectivity index (χ1) is 6.95. The highest BCUT2D eigenvalue weighted by Gasteiger charge is 2.07. The van der Waals surface area contributed by atoms with Crippen LogP contribution in [-0.2, 0) is 19.1 Å². The highest BCUT2D eigenvalue weighted by Crippen LogP contribution is 1.98. The fourth-order valence-corrected chi connectivity index (χ4v) is 0.686. The van der Waals surface area contributed by atoms with Crippen molar-refractivity contribution in [1.29, 1.82) is 0 Å². The van der Waals surface area contributed by atoms with E-state index in [0.717, 1.165) is 0 Å². The number of esters is 2. The minimum Gasteiger partial charge on any atom is -0.465 e. The summed E-state index contributed by atoms with van der Waals surface area (Å²) in [4.78, 5) is 21.9. The molecule has 0 saturated heterocycles. The molecule has 0 saturated carbocycles. The van der Waals surface area contributed by atoms with E-state index in [4.69, 9.17) is 9.47 Å². The Kier molecular flexibility index (Phi) is 6.42. The van der Waals surface area contributed by atoms with E-state index in [1.807, 2.05) is 0 Å². The number of hydrogen-bond acceptors (Lipinski definition) is 4. The van der Waals surface area contributed by atoms with E-state index >= 15 is 0 Å². The van der Waals surface area contributed by atoms with Crippen LogP contribution in [0.1, 0.15) is 27.2 Å². The van der Waals surface area contributed by atoms with E-state index < -0.39 is 5.97 Å². The summed E-state index contributed by atoms with van der Waals surface area (Å²) in [6, 6.07) is 0. The molecule has 0 unspecified atom stereocenters. The van der Waals surface area contributed by atoms with Gasteiger partial charge in [-0.1, -0.05) is 20.4 Å². The summed E-state index contributed by atoms with van der Waals surface area (Å²) in [7, 11) is 0. The van der Waals surface area contributed by atoms with Gasteiger partial charge in [0, 0.05) is 12.0 Å². The first kappa shape index (κ1) is 13.7. The number of carbonyl (C=O) groups excluding carboxylic acids is 2. The summed E-state index contributed by atoms with van der Waals surface area (Å²) in [6.45, 7) is 9.09. The molecule has 0 aliphatic carbocycles. The molecule has 0 N–H and O–H groups in total. The minimum atomic E-state index is -0.412. The maximum Gasteiger partial charge on any atom is 0.333 e. The van der Waals surface area contributed by atoms with Crippen molar-refractivity contribution >= 4 is 11.9 Å². The van der Waals surface area contributed by atoms with Gasteiger partial charge < -0.3 is 9.47 Å². The summed E-state index contributed by atoms with van der Waals surface area (Å²) in [5.74, 6) is -0.769. The van der Waals surface area contributed by atoms with Gasteiger partial charge in [-0.25, -0.2) is 4.79 Å². The molecule has 0 aromatic carbocycles. The zero-order chi connectivity index (χ0) is 11.8. The molecular weight excluding hydrogens is 196 g/mol. The van der Waals surface area contributed by atoms with Crippen LogP contribution in [0.15, 0.2) is 12.2 Å². The molecule has 0 bridgehead atoms. The van der Waals surface area contributed by atoms with Crippen molar-refractivity contribution in [3.05, 3.63) is 12.2 Å². The second kappa shape index (κ2) is 7.04. The van der Waals surface area contributed by atoms with Gasteiger partial charge in [-0.15, -0.1) is 0 Å². The van der Waals surface area contributed by atoms with Gasteiger partial charge in [0.15, 0.2) is 0 Å². The van der Waals surface area contributed by atoms with Gasteiger partial charge in [0.25, 0.3) is 0 Å². The fraction of sp³-hybridized carbons (Fsp3) is 0.636. The van der Waals surface area contributed by atoms with E-state index in [1.165, 1.54) is 0 Å². The fourth-order valence-electron chi connectivity index (χ4n) is 0.686. The third-order valence-electron chi connectivity index (χ3n) is 1.59. The highest BCUT2D eigenvalue weighted by molar-refractivity contribution is 5.86. The average Bonchev–Trinajstić information content (AvgIpc) is 2.16. The molecule has 0 spiro atoms. The lowest BCUT2D eigenvalue weighted by atomic mass is 10.2. The van der Waals surface area contributed by atoms with Crippen molar-refractivity contribution in [2.75, 3.05) is 13.2 Å². The van der Waals surface area contributed by atoms with Gasteiger partial charge in [0.1, 0.15) is 0 Å². The molecule has 4 heteroatoms. The Balaban J connectivity index is 3.44. The Bertz CT molecular complexity index is 243. The van der Waals surface area contributed by atoms with Gasteiger partial charge in [-0.3, -0.25) is 4.79 Å². The third-order valence-corrected chi connectivity index (χ3v) is 1.59. The molecule has 15 heavy (non-hydrogen) atoms. The van der Waals surface area contributed by atoms with Crippen LogP contribution in [0.25, 0.3) is 0 Å². The lowest BCUT2D eigenvalue weighted by Gasteiger charge is -2.07. The summed E-state index contributed by atoms with van der Waals surface area (Å²) in [6.07, 6.45) is 0.511. The smallest absolute Gasteiger partial charge is 0.333 e. The second-order valence-electron chi connectivity index (χ2n) is 3.59. The lowest BCUT2D eigenvalue weighted by Crippen LogP contribution is -2.14. The molecule has 0 heterocycles. The van der Waals surface area contributed by atoms with Crippen LogP contribution in [0.4, 0.5) is 0 Å². The van der Waals surface area contributed by atoms with Crippen LogP contribution < -0.4 is 0 Å². The zero-order valence-corrected chi connectivity index (χ0v) is 9.54. The molecule has 0 radical (unpaired) electrons. The van der Waals surface area contributed by atoms with Crippen LogP contribution in [-0.4, -0.2) is 25.2 Å². The number of rotatable bonds is 6. The first-order valence-electron chi connectivity index (χ1n) is 4.94. The normalized spacial score (nSPS) is 9.87. The third kappa shape index (κ3) is 6.71. The largest absolute Gasteiger partial charge is 0.465 e. The molecule has 86 valence electrons. The average molecular weight is 214 g/mol. The second-order valence-corrected chi connectivity index (χ2v) is 3.59. The molecule has 0 fully saturated rings. The molecule has 0 aliphatic rings. The molecule has 0 amide bonds. The van der Waals surface area contributed by atoms with Crippen molar-refractivity contribution in [2.45, 2.75) is 27.2 Å². The van der Waals surface area contributed by atoms with Crippen molar-refractivity contribution in [3.63, 3.8) is 0 Å². The van der Waals surface area contributed by atoms with E-state index in [2.05, 4.69) is 6.58 Å². The van der Waals surface area contributed by atoms with E-state index in [0.29, 0.717) is 12.0 Å². The number of ether oxygens (including phenoxy) is 2. The predicted molar refractivity (Wildman–Crippen MR) is 56.2 cm³/mol. The molecular formula is C11H18O4. The summed E-state index contributed by atoms with van der Waals surface area (Å²) in [5, 5.41) is 0. The molecule has 0 rings (SSSR count). The Morgan fingerprint density at radius 3 is 2.20 bits per heavy atom. The number of carbonyl (C=O) groups is 2. The quantitative estimate of drug-likeness (QED) is 0.383. The van der Waals surface area contributed by atoms with Gasteiger partial charge >= 0.3 is 11.9 Å². The van der Waals surface area contributed by atoms with Crippen LogP contribution in [0.3, 0.4) is 0 Å². The molecule has 0 aromatic rings. The highest BCUT2D eigenvalue weighted by atomic mass is 16.5. The van der Waals surface area contributed by atoms with E-state index in [9.17, 15) is 9.59 Å². The van der Waals surface area contributed by atoms with E-state index in [-0.39, 0.29) is 25.1 Å². The summed E-state index contributed by atoms with van der Waals surface area (Å²) < 4.78 is 9.71. The van der Waals surface area contributed by atoms with Gasteiger partial charge in [-0.2, -0.15) is 0 Å². The minimum absolute atomic E-state index is 0.122. The van der Waals surface area contributed by atoms with Crippen molar-refractivity contribution in [3.8, 4) is 0 Å². The lowest BCUT2D eigenvalue weighted by molar-refractivity contribution is -0.148. The molecule has 0 atom stereocenters. The first-order valence-corrected chi connectivity index (χ1v) is 4.94. The van der Waals surface area contributed by atoms with Gasteiger partial charge in [0.2, 0.25) is 0 Å². The Hall–Kier alpha value is -1.32. The Morgan fingerprint density at radius 2 is 1.73 bits per heavy atom. The van der Waals surface area contributed by atoms with Crippen LogP contribution >= 0.6 is 0 Å². The van der Waals surface area contributed by atoms with Gasteiger partial charge in [0.05, 0.1) is 19.1 Å². The molecule has 0 aliphatic heterocycles.